The Morgan fingerprint density at radius 3 is 2.88 bits per heavy atom. The summed E-state index contributed by atoms with van der Waals surface area (Å²) < 4.78 is 1.93. The molecule has 0 saturated carbocycles. The van der Waals surface area contributed by atoms with Gasteiger partial charge >= 0.3 is 0 Å². The fourth-order valence-electron chi connectivity index (χ4n) is 1.80. The van der Waals surface area contributed by atoms with Gasteiger partial charge in [0, 0.05) is 30.4 Å². The first-order valence-corrected chi connectivity index (χ1v) is 5.44. The van der Waals surface area contributed by atoms with Crippen LogP contribution in [0.15, 0.2) is 36.7 Å². The minimum Gasteiger partial charge on any atom is -0.330 e. The van der Waals surface area contributed by atoms with E-state index in [1.165, 1.54) is 6.07 Å². The summed E-state index contributed by atoms with van der Waals surface area (Å²) in [6.07, 6.45) is 4.37. The predicted octanol–water partition coefficient (Wildman–Crippen LogP) is 2.40. The van der Waals surface area contributed by atoms with Crippen LogP contribution in [0.2, 0.25) is 0 Å². The molecule has 1 heterocycles. The average Bonchev–Trinajstić information content (AvgIpc) is 2.77. The highest BCUT2D eigenvalue weighted by Crippen LogP contribution is 2.19. The number of aromatic nitrogens is 2. The lowest BCUT2D eigenvalue weighted by molar-refractivity contribution is -0.385. The zero-order valence-corrected chi connectivity index (χ0v) is 9.54. The first-order chi connectivity index (χ1) is 8.22. The van der Waals surface area contributed by atoms with Crippen LogP contribution in [0.1, 0.15) is 18.3 Å². The monoisotopic (exact) mass is 231 g/mol. The highest BCUT2D eigenvalue weighted by molar-refractivity contribution is 5.39. The molecular formula is C12H13N3O2. The Kier molecular flexibility index (Phi) is 3.18. The number of imidazole rings is 1. The molecule has 1 aromatic carbocycles. The van der Waals surface area contributed by atoms with Crippen LogP contribution < -0.4 is 0 Å². The van der Waals surface area contributed by atoms with Crippen LogP contribution in [-0.2, 0) is 13.0 Å². The third-order valence-corrected chi connectivity index (χ3v) is 2.65. The largest absolute Gasteiger partial charge is 0.330 e. The molecule has 0 fully saturated rings. The first kappa shape index (κ1) is 11.3. The fourth-order valence-corrected chi connectivity index (χ4v) is 1.80. The normalized spacial score (nSPS) is 10.4. The molecule has 0 aliphatic heterocycles. The molecule has 0 saturated heterocycles. The molecule has 1 aromatic heterocycles. The second-order valence-electron chi connectivity index (χ2n) is 3.71. The number of benzene rings is 1. The van der Waals surface area contributed by atoms with Gasteiger partial charge in [-0.1, -0.05) is 25.1 Å². The molecule has 17 heavy (non-hydrogen) atoms. The van der Waals surface area contributed by atoms with Gasteiger partial charge < -0.3 is 4.57 Å². The Morgan fingerprint density at radius 2 is 2.18 bits per heavy atom. The van der Waals surface area contributed by atoms with E-state index >= 15 is 0 Å². The summed E-state index contributed by atoms with van der Waals surface area (Å²) in [5.41, 5.74) is 0.855. The highest BCUT2D eigenvalue weighted by Gasteiger charge is 2.13. The molecule has 0 N–H and O–H groups in total. The summed E-state index contributed by atoms with van der Waals surface area (Å²) >= 11 is 0. The number of hydrogen-bond donors (Lipinski definition) is 0. The Morgan fingerprint density at radius 1 is 1.41 bits per heavy atom. The van der Waals surface area contributed by atoms with Crippen LogP contribution in [0, 0.1) is 10.1 Å². The van der Waals surface area contributed by atoms with Crippen molar-refractivity contribution in [1.29, 1.82) is 0 Å². The molecule has 2 rings (SSSR count). The van der Waals surface area contributed by atoms with Crippen LogP contribution in [0.3, 0.4) is 0 Å². The van der Waals surface area contributed by atoms with E-state index in [-0.39, 0.29) is 10.6 Å². The van der Waals surface area contributed by atoms with E-state index in [1.54, 1.807) is 18.3 Å². The predicted molar refractivity (Wildman–Crippen MR) is 63.8 cm³/mol. The molecule has 2 aromatic rings. The second-order valence-corrected chi connectivity index (χ2v) is 3.71. The maximum absolute atomic E-state index is 10.9. The summed E-state index contributed by atoms with van der Waals surface area (Å²) in [5.74, 6) is 0.933. The van der Waals surface area contributed by atoms with Crippen LogP contribution >= 0.6 is 0 Å². The molecule has 88 valence electrons. The molecule has 0 amide bonds. The van der Waals surface area contributed by atoms with Crippen LogP contribution in [0.5, 0.6) is 0 Å². The number of nitro benzene ring substituents is 1. The van der Waals surface area contributed by atoms with E-state index in [1.807, 2.05) is 23.8 Å². The Hall–Kier alpha value is -2.17. The van der Waals surface area contributed by atoms with Crippen molar-refractivity contribution in [3.05, 3.63) is 58.2 Å². The number of aryl methyl sites for hydroxylation is 1. The second kappa shape index (κ2) is 4.78. The van der Waals surface area contributed by atoms with Crippen molar-refractivity contribution in [3.63, 3.8) is 0 Å². The van der Waals surface area contributed by atoms with Gasteiger partial charge in [0.1, 0.15) is 5.82 Å². The maximum Gasteiger partial charge on any atom is 0.274 e. The van der Waals surface area contributed by atoms with Gasteiger partial charge in [0.05, 0.1) is 11.5 Å². The Bertz CT molecular complexity index is 534. The topological polar surface area (TPSA) is 61.0 Å². The van der Waals surface area contributed by atoms with E-state index in [9.17, 15) is 10.1 Å². The third kappa shape index (κ3) is 2.33. The van der Waals surface area contributed by atoms with Crippen molar-refractivity contribution in [3.8, 4) is 0 Å². The van der Waals surface area contributed by atoms with Gasteiger partial charge in [-0.25, -0.2) is 4.98 Å². The average molecular weight is 231 g/mol. The van der Waals surface area contributed by atoms with E-state index < -0.39 is 0 Å². The van der Waals surface area contributed by atoms with E-state index in [0.29, 0.717) is 12.1 Å². The molecule has 0 aliphatic rings. The van der Waals surface area contributed by atoms with Gasteiger partial charge in [-0.3, -0.25) is 10.1 Å². The van der Waals surface area contributed by atoms with Crippen molar-refractivity contribution in [2.75, 3.05) is 0 Å². The van der Waals surface area contributed by atoms with Gasteiger partial charge in [0.2, 0.25) is 0 Å². The molecule has 5 nitrogen and oxygen atoms in total. The summed E-state index contributed by atoms with van der Waals surface area (Å²) in [7, 11) is 0. The van der Waals surface area contributed by atoms with Gasteiger partial charge in [0.15, 0.2) is 0 Å². The van der Waals surface area contributed by atoms with Gasteiger partial charge in [-0.2, -0.15) is 0 Å². The van der Waals surface area contributed by atoms with Crippen LogP contribution in [0.25, 0.3) is 0 Å². The summed E-state index contributed by atoms with van der Waals surface area (Å²) in [6.45, 7) is 2.50. The molecule has 0 aliphatic carbocycles. The minimum absolute atomic E-state index is 0.156. The van der Waals surface area contributed by atoms with Crippen LogP contribution in [0.4, 0.5) is 5.69 Å². The first-order valence-electron chi connectivity index (χ1n) is 5.44. The third-order valence-electron chi connectivity index (χ3n) is 2.65. The molecule has 0 atom stereocenters. The van der Waals surface area contributed by atoms with Crippen molar-refractivity contribution < 1.29 is 4.92 Å². The SMILES string of the molecule is CCc1nccn1Cc1ccccc1[N+](=O)[O-]. The van der Waals surface area contributed by atoms with Gasteiger partial charge in [-0.05, 0) is 0 Å². The summed E-state index contributed by atoms with van der Waals surface area (Å²) in [4.78, 5) is 14.7. The van der Waals surface area contributed by atoms with Crippen molar-refractivity contribution in [2.45, 2.75) is 19.9 Å². The van der Waals surface area contributed by atoms with Gasteiger partial charge in [0.25, 0.3) is 5.69 Å². The van der Waals surface area contributed by atoms with Crippen molar-refractivity contribution in [1.82, 2.24) is 9.55 Å². The Labute approximate surface area is 98.9 Å². The van der Waals surface area contributed by atoms with Crippen molar-refractivity contribution >= 4 is 5.69 Å². The van der Waals surface area contributed by atoms with E-state index in [4.69, 9.17) is 0 Å². The number of para-hydroxylation sites is 1. The molecule has 0 unspecified atom stereocenters. The van der Waals surface area contributed by atoms with Crippen molar-refractivity contribution in [2.24, 2.45) is 0 Å². The lowest BCUT2D eigenvalue weighted by atomic mass is 10.2. The quantitative estimate of drug-likeness (QED) is 0.599. The summed E-state index contributed by atoms with van der Waals surface area (Å²) in [5, 5.41) is 10.9. The number of rotatable bonds is 4. The fraction of sp³-hybridized carbons (Fsp3) is 0.250. The number of nitro groups is 1. The van der Waals surface area contributed by atoms with E-state index in [2.05, 4.69) is 4.98 Å². The van der Waals surface area contributed by atoms with Crippen LogP contribution in [-0.4, -0.2) is 14.5 Å². The molecule has 0 bridgehead atoms. The maximum atomic E-state index is 10.9. The smallest absolute Gasteiger partial charge is 0.274 e. The molecule has 5 heteroatoms. The van der Waals surface area contributed by atoms with E-state index in [0.717, 1.165) is 12.2 Å². The standard InChI is InChI=1S/C12H13N3O2/c1-2-12-13-7-8-14(12)9-10-5-3-4-6-11(10)15(16)17/h3-8H,2,9H2,1H3. The molecule has 0 radical (unpaired) electrons. The lowest BCUT2D eigenvalue weighted by Crippen LogP contribution is -2.05. The highest BCUT2D eigenvalue weighted by atomic mass is 16.6. The number of nitrogens with zero attached hydrogens (tertiary/aromatic N) is 3. The minimum atomic E-state index is -0.349. The zero-order valence-electron chi connectivity index (χ0n) is 9.54. The Balaban J connectivity index is 2.33. The lowest BCUT2D eigenvalue weighted by Gasteiger charge is -2.06. The molecular weight excluding hydrogens is 218 g/mol. The van der Waals surface area contributed by atoms with Gasteiger partial charge in [-0.15, -0.1) is 0 Å². The zero-order chi connectivity index (χ0) is 12.3. The summed E-state index contributed by atoms with van der Waals surface area (Å²) in [6, 6.07) is 6.79. The number of hydrogen-bond acceptors (Lipinski definition) is 3. The molecule has 0 spiro atoms.